The second kappa shape index (κ2) is 13.8. The quantitative estimate of drug-likeness (QED) is 0.324. The van der Waals surface area contributed by atoms with Gasteiger partial charge >= 0.3 is 18.0 Å². The summed E-state index contributed by atoms with van der Waals surface area (Å²) in [5.74, 6) is -1.06. The van der Waals surface area contributed by atoms with Crippen LogP contribution in [-0.2, 0) is 9.59 Å². The van der Waals surface area contributed by atoms with Crippen molar-refractivity contribution < 1.29 is 29.0 Å². The van der Waals surface area contributed by atoms with Gasteiger partial charge in [-0.1, -0.05) is 42.5 Å². The summed E-state index contributed by atoms with van der Waals surface area (Å²) in [6, 6.07) is 9.40. The van der Waals surface area contributed by atoms with Crippen molar-refractivity contribution in [1.29, 1.82) is 0 Å². The average Bonchev–Trinajstić information content (AvgIpc) is 3.41. The number of aliphatic carboxylic acids is 1. The number of carboxylic acids is 1. The second-order valence-electron chi connectivity index (χ2n) is 10.1. The summed E-state index contributed by atoms with van der Waals surface area (Å²) in [5.41, 5.74) is 0.829. The number of nitrogens with zero attached hydrogens (tertiary/aromatic N) is 2. The molecule has 2 aliphatic rings. The number of halogens is 2. The van der Waals surface area contributed by atoms with E-state index in [2.05, 4.69) is 16.0 Å². The number of carboxylic acid groups (broad SMARTS) is 1. The summed E-state index contributed by atoms with van der Waals surface area (Å²) in [5, 5.41) is 18.4. The molecule has 1 saturated carbocycles. The summed E-state index contributed by atoms with van der Waals surface area (Å²) in [6.07, 6.45) is 2.99. The van der Waals surface area contributed by atoms with Crippen LogP contribution in [0.4, 0.5) is 21.0 Å². The van der Waals surface area contributed by atoms with Gasteiger partial charge in [0.25, 0.3) is 5.91 Å². The number of carbonyl (C=O) groups excluding carboxylic acids is 3. The van der Waals surface area contributed by atoms with Crippen molar-refractivity contribution in [2.75, 3.05) is 30.8 Å². The lowest BCUT2D eigenvalue weighted by Crippen LogP contribution is -2.58. The molecule has 2 aromatic rings. The topological polar surface area (TPSA) is 140 Å². The summed E-state index contributed by atoms with van der Waals surface area (Å²) in [4.78, 5) is 54.7. The summed E-state index contributed by atoms with van der Waals surface area (Å²) >= 11 is 12.1. The Hall–Kier alpha value is -3.70. The number of hydrogen-bond donors (Lipinski definition) is 4. The SMILES string of the molecule is COc1ccc(NC(=O)N2CCN(C(=O)Nc3ccc(Cl)c(Cl)c3)C2C(=O)NC(CC(=O)O)C2CCCCC2)cc1. The predicted molar refractivity (Wildman–Crippen MR) is 155 cm³/mol. The number of methoxy groups -OCH3 is 1. The van der Waals surface area contributed by atoms with Crippen LogP contribution >= 0.6 is 23.2 Å². The van der Waals surface area contributed by atoms with Crippen LogP contribution in [0, 0.1) is 5.92 Å². The van der Waals surface area contributed by atoms with Crippen molar-refractivity contribution in [3.63, 3.8) is 0 Å². The minimum Gasteiger partial charge on any atom is -0.497 e. The maximum Gasteiger partial charge on any atom is 0.323 e. The zero-order valence-electron chi connectivity index (χ0n) is 22.6. The smallest absolute Gasteiger partial charge is 0.323 e. The minimum atomic E-state index is -1.32. The van der Waals surface area contributed by atoms with E-state index >= 15 is 0 Å². The van der Waals surface area contributed by atoms with Crippen molar-refractivity contribution >= 4 is 58.5 Å². The molecule has 220 valence electrons. The third-order valence-corrected chi connectivity index (χ3v) is 8.12. The van der Waals surface area contributed by atoms with Crippen LogP contribution in [-0.4, -0.2) is 71.3 Å². The largest absolute Gasteiger partial charge is 0.497 e. The number of urea groups is 2. The molecule has 0 bridgehead atoms. The van der Waals surface area contributed by atoms with Crippen LogP contribution in [0.15, 0.2) is 42.5 Å². The number of benzene rings is 2. The maximum absolute atomic E-state index is 13.8. The fourth-order valence-electron chi connectivity index (χ4n) is 5.29. The normalized spacial score (nSPS) is 18.0. The highest BCUT2D eigenvalue weighted by molar-refractivity contribution is 6.42. The van der Waals surface area contributed by atoms with Gasteiger partial charge in [-0.25, -0.2) is 9.59 Å². The first-order chi connectivity index (χ1) is 19.7. The summed E-state index contributed by atoms with van der Waals surface area (Å²) < 4.78 is 5.16. The van der Waals surface area contributed by atoms with E-state index < -0.39 is 36.1 Å². The molecule has 0 spiro atoms. The van der Waals surface area contributed by atoms with Gasteiger partial charge in [0.2, 0.25) is 0 Å². The van der Waals surface area contributed by atoms with E-state index in [1.807, 2.05) is 0 Å². The van der Waals surface area contributed by atoms with Crippen LogP contribution in [0.5, 0.6) is 5.75 Å². The molecule has 5 amide bonds. The van der Waals surface area contributed by atoms with Gasteiger partial charge < -0.3 is 25.8 Å². The molecular weight excluding hydrogens is 573 g/mol. The molecule has 4 rings (SSSR count). The van der Waals surface area contributed by atoms with E-state index in [4.69, 9.17) is 27.9 Å². The standard InChI is InChI=1S/C28H33Cl2N5O6/c1-41-20-10-7-18(8-11-20)31-27(39)34-13-14-35(28(40)32-19-9-12-21(29)22(30)15-19)26(34)25(38)33-23(16-24(36)37)17-5-3-2-4-6-17/h7-12,15,17,23,26H,2-6,13-14,16H2,1H3,(H,31,39)(H,32,40)(H,33,38)(H,36,37). The Morgan fingerprint density at radius 3 is 2.05 bits per heavy atom. The molecule has 2 aromatic carbocycles. The Bertz CT molecular complexity index is 1270. The Morgan fingerprint density at radius 1 is 0.902 bits per heavy atom. The van der Waals surface area contributed by atoms with E-state index in [1.165, 1.54) is 29.0 Å². The fourth-order valence-corrected chi connectivity index (χ4v) is 5.59. The number of anilines is 2. The van der Waals surface area contributed by atoms with E-state index in [0.29, 0.717) is 22.1 Å². The van der Waals surface area contributed by atoms with Crippen LogP contribution in [0.25, 0.3) is 0 Å². The molecule has 1 heterocycles. The van der Waals surface area contributed by atoms with Crippen LogP contribution in [0.1, 0.15) is 38.5 Å². The Morgan fingerprint density at radius 2 is 1.49 bits per heavy atom. The lowest BCUT2D eigenvalue weighted by molar-refractivity contribution is -0.138. The van der Waals surface area contributed by atoms with Crippen molar-refractivity contribution in [1.82, 2.24) is 15.1 Å². The van der Waals surface area contributed by atoms with Gasteiger partial charge in [-0.15, -0.1) is 0 Å². The Balaban J connectivity index is 1.57. The van der Waals surface area contributed by atoms with Gasteiger partial charge in [-0.2, -0.15) is 0 Å². The molecule has 1 aliphatic carbocycles. The maximum atomic E-state index is 13.8. The molecule has 2 atom stereocenters. The molecule has 0 aromatic heterocycles. The number of ether oxygens (including phenoxy) is 1. The first-order valence-electron chi connectivity index (χ1n) is 13.4. The first kappa shape index (κ1) is 30.3. The first-order valence-corrected chi connectivity index (χ1v) is 14.2. The molecule has 0 radical (unpaired) electrons. The molecule has 41 heavy (non-hydrogen) atoms. The van der Waals surface area contributed by atoms with E-state index in [9.17, 15) is 24.3 Å². The van der Waals surface area contributed by atoms with Crippen molar-refractivity contribution in [3.05, 3.63) is 52.5 Å². The Kier molecular flexibility index (Phi) is 10.2. The number of amides is 5. The van der Waals surface area contributed by atoms with Crippen LogP contribution in [0.2, 0.25) is 10.0 Å². The summed E-state index contributed by atoms with van der Waals surface area (Å²) in [6.45, 7) is 0.135. The monoisotopic (exact) mass is 605 g/mol. The highest BCUT2D eigenvalue weighted by Gasteiger charge is 2.44. The lowest BCUT2D eigenvalue weighted by Gasteiger charge is -2.34. The van der Waals surface area contributed by atoms with Gasteiger partial charge in [0, 0.05) is 30.5 Å². The zero-order valence-corrected chi connectivity index (χ0v) is 24.1. The molecule has 13 heteroatoms. The van der Waals surface area contributed by atoms with Gasteiger partial charge in [0.15, 0.2) is 6.17 Å². The number of hydrogen-bond acceptors (Lipinski definition) is 5. The summed E-state index contributed by atoms with van der Waals surface area (Å²) in [7, 11) is 1.53. The average molecular weight is 607 g/mol. The van der Waals surface area contributed by atoms with Crippen molar-refractivity contribution in [3.8, 4) is 5.75 Å². The third-order valence-electron chi connectivity index (χ3n) is 7.38. The van der Waals surface area contributed by atoms with E-state index in [1.54, 1.807) is 30.3 Å². The van der Waals surface area contributed by atoms with E-state index in [0.717, 1.165) is 32.1 Å². The van der Waals surface area contributed by atoms with Gasteiger partial charge in [0.1, 0.15) is 5.75 Å². The second-order valence-corrected chi connectivity index (χ2v) is 10.9. The zero-order chi connectivity index (χ0) is 29.5. The van der Waals surface area contributed by atoms with Crippen molar-refractivity contribution in [2.24, 2.45) is 5.92 Å². The minimum absolute atomic E-state index is 0.00901. The van der Waals surface area contributed by atoms with Gasteiger partial charge in [-0.3, -0.25) is 19.4 Å². The lowest BCUT2D eigenvalue weighted by atomic mass is 9.82. The highest BCUT2D eigenvalue weighted by atomic mass is 35.5. The van der Waals surface area contributed by atoms with Crippen LogP contribution < -0.4 is 20.7 Å². The Labute approximate surface area is 248 Å². The van der Waals surface area contributed by atoms with Crippen molar-refractivity contribution in [2.45, 2.75) is 50.7 Å². The molecule has 1 aliphatic heterocycles. The number of rotatable bonds is 8. The molecule has 2 unspecified atom stereocenters. The van der Waals surface area contributed by atoms with Gasteiger partial charge in [0.05, 0.1) is 23.6 Å². The van der Waals surface area contributed by atoms with E-state index in [-0.39, 0.29) is 30.5 Å². The fraction of sp³-hybridized carbons (Fsp3) is 0.429. The predicted octanol–water partition coefficient (Wildman–Crippen LogP) is 5.25. The molecule has 1 saturated heterocycles. The molecule has 2 fully saturated rings. The van der Waals surface area contributed by atoms with Crippen LogP contribution in [0.3, 0.4) is 0 Å². The third kappa shape index (κ3) is 7.74. The van der Waals surface area contributed by atoms with Gasteiger partial charge in [-0.05, 0) is 61.2 Å². The molecular formula is C28H33Cl2N5O6. The number of carbonyl (C=O) groups is 4. The molecule has 4 N–H and O–H groups in total. The number of nitrogens with one attached hydrogen (secondary N) is 3. The molecule has 11 nitrogen and oxygen atoms in total. The highest BCUT2D eigenvalue weighted by Crippen LogP contribution is 2.29.